The van der Waals surface area contributed by atoms with Crippen LogP contribution in [0.25, 0.3) is 0 Å². The Hall–Kier alpha value is -3.56. The van der Waals surface area contributed by atoms with Crippen LogP contribution in [0.4, 0.5) is 0 Å². The van der Waals surface area contributed by atoms with Crippen LogP contribution in [0.3, 0.4) is 0 Å². The number of carbonyl (C=O) groups is 1. The van der Waals surface area contributed by atoms with Gasteiger partial charge in [-0.3, -0.25) is 4.79 Å². The van der Waals surface area contributed by atoms with Gasteiger partial charge in [0, 0.05) is 25.2 Å². The first kappa shape index (κ1) is 23.6. The molecule has 1 aliphatic heterocycles. The molecular formula is C25H26N2O6S. The van der Waals surface area contributed by atoms with Crippen molar-refractivity contribution in [3.63, 3.8) is 0 Å². The molecule has 0 saturated heterocycles. The zero-order valence-electron chi connectivity index (χ0n) is 19.0. The Morgan fingerprint density at radius 2 is 1.76 bits per heavy atom. The van der Waals surface area contributed by atoms with Gasteiger partial charge in [0.2, 0.25) is 16.8 Å². The fraction of sp³-hybridized carbons (Fsp3) is 0.240. The SMILES string of the molecule is CCN(Cc1ccccc1)S(=O)(=O)c1cc(C(=O)NCc2ccc3c(c2)OCO3)ccc1OC. The molecule has 0 unspecified atom stereocenters. The number of sulfonamides is 1. The van der Waals surface area contributed by atoms with Crippen molar-refractivity contribution in [1.29, 1.82) is 0 Å². The third-order valence-electron chi connectivity index (χ3n) is 5.49. The number of methoxy groups -OCH3 is 1. The standard InChI is InChI=1S/C25H26N2O6S/c1-3-27(16-18-7-5-4-6-8-18)34(29,30)24-14-20(10-12-22(24)31-2)25(28)26-15-19-9-11-21-23(13-19)33-17-32-21/h4-14H,3,15-17H2,1-2H3,(H,26,28). The van der Waals surface area contributed by atoms with E-state index in [1.807, 2.05) is 36.4 Å². The maximum atomic E-state index is 13.5. The summed E-state index contributed by atoms with van der Waals surface area (Å²) in [7, 11) is -2.52. The summed E-state index contributed by atoms with van der Waals surface area (Å²) >= 11 is 0. The average Bonchev–Trinajstić information content (AvgIpc) is 3.34. The molecule has 0 fully saturated rings. The van der Waals surface area contributed by atoms with Crippen LogP contribution in [0, 0.1) is 0 Å². The van der Waals surface area contributed by atoms with E-state index in [1.54, 1.807) is 25.1 Å². The Kier molecular flexibility index (Phi) is 7.04. The van der Waals surface area contributed by atoms with Crippen molar-refractivity contribution in [2.24, 2.45) is 0 Å². The molecular weight excluding hydrogens is 456 g/mol. The van der Waals surface area contributed by atoms with Crippen LogP contribution in [-0.2, 0) is 23.1 Å². The summed E-state index contributed by atoms with van der Waals surface area (Å²) in [5.74, 6) is 1.07. The molecule has 1 N–H and O–H groups in total. The predicted octanol–water partition coefficient (Wildman–Crippen LogP) is 3.56. The van der Waals surface area contributed by atoms with Gasteiger partial charge >= 0.3 is 0 Å². The topological polar surface area (TPSA) is 94.2 Å². The highest BCUT2D eigenvalue weighted by atomic mass is 32.2. The first-order valence-electron chi connectivity index (χ1n) is 10.8. The van der Waals surface area contributed by atoms with Crippen LogP contribution >= 0.6 is 0 Å². The van der Waals surface area contributed by atoms with Crippen molar-refractivity contribution in [1.82, 2.24) is 9.62 Å². The highest BCUT2D eigenvalue weighted by molar-refractivity contribution is 7.89. The van der Waals surface area contributed by atoms with Crippen molar-refractivity contribution >= 4 is 15.9 Å². The quantitative estimate of drug-likeness (QED) is 0.501. The molecule has 34 heavy (non-hydrogen) atoms. The monoisotopic (exact) mass is 482 g/mol. The van der Waals surface area contributed by atoms with Crippen molar-refractivity contribution in [2.75, 3.05) is 20.4 Å². The molecule has 4 rings (SSSR count). The summed E-state index contributed by atoms with van der Waals surface area (Å²) < 4.78 is 44.3. The first-order valence-corrected chi connectivity index (χ1v) is 12.2. The Bertz CT molecular complexity index is 1280. The minimum atomic E-state index is -3.92. The van der Waals surface area contributed by atoms with Crippen LogP contribution in [-0.4, -0.2) is 39.1 Å². The molecule has 3 aromatic carbocycles. The van der Waals surface area contributed by atoms with Gasteiger partial charge < -0.3 is 19.5 Å². The lowest BCUT2D eigenvalue weighted by atomic mass is 10.1. The van der Waals surface area contributed by atoms with Gasteiger partial charge in [-0.1, -0.05) is 43.3 Å². The zero-order valence-corrected chi connectivity index (χ0v) is 19.8. The fourth-order valence-corrected chi connectivity index (χ4v) is 5.27. The van der Waals surface area contributed by atoms with Crippen LogP contribution in [0.1, 0.15) is 28.4 Å². The van der Waals surface area contributed by atoms with Crippen LogP contribution in [0.15, 0.2) is 71.6 Å². The van der Waals surface area contributed by atoms with Gasteiger partial charge in [0.15, 0.2) is 11.5 Å². The zero-order chi connectivity index (χ0) is 24.1. The van der Waals surface area contributed by atoms with Gasteiger partial charge in [-0.25, -0.2) is 8.42 Å². The second-order valence-electron chi connectivity index (χ2n) is 7.65. The molecule has 0 aliphatic carbocycles. The number of amides is 1. The fourth-order valence-electron chi connectivity index (χ4n) is 3.65. The number of benzene rings is 3. The number of ether oxygens (including phenoxy) is 3. The van der Waals surface area contributed by atoms with Crippen LogP contribution in [0.2, 0.25) is 0 Å². The minimum Gasteiger partial charge on any atom is -0.495 e. The Labute approximate surface area is 199 Å². The van der Waals surface area contributed by atoms with Gasteiger partial charge in [-0.05, 0) is 41.5 Å². The molecule has 0 spiro atoms. The van der Waals surface area contributed by atoms with Crippen LogP contribution in [0.5, 0.6) is 17.2 Å². The van der Waals surface area contributed by atoms with Gasteiger partial charge in [-0.2, -0.15) is 4.31 Å². The second-order valence-corrected chi connectivity index (χ2v) is 9.56. The van der Waals surface area contributed by atoms with Gasteiger partial charge in [0.05, 0.1) is 7.11 Å². The second kappa shape index (κ2) is 10.1. The summed E-state index contributed by atoms with van der Waals surface area (Å²) in [5, 5.41) is 2.82. The van der Waals surface area contributed by atoms with E-state index in [0.29, 0.717) is 11.5 Å². The minimum absolute atomic E-state index is 0.0523. The number of nitrogens with one attached hydrogen (secondary N) is 1. The Morgan fingerprint density at radius 3 is 2.50 bits per heavy atom. The van der Waals surface area contributed by atoms with Gasteiger partial charge in [-0.15, -0.1) is 0 Å². The molecule has 0 saturated carbocycles. The molecule has 3 aromatic rings. The highest BCUT2D eigenvalue weighted by Gasteiger charge is 2.28. The summed E-state index contributed by atoms with van der Waals surface area (Å²) in [6.07, 6.45) is 0. The maximum absolute atomic E-state index is 13.5. The molecule has 0 aromatic heterocycles. The van der Waals surface area contributed by atoms with E-state index in [9.17, 15) is 13.2 Å². The molecule has 0 atom stereocenters. The lowest BCUT2D eigenvalue weighted by Gasteiger charge is -2.22. The van der Waals surface area contributed by atoms with E-state index in [0.717, 1.165) is 11.1 Å². The summed E-state index contributed by atoms with van der Waals surface area (Å²) in [6.45, 7) is 2.67. The van der Waals surface area contributed by atoms with E-state index in [1.165, 1.54) is 23.5 Å². The van der Waals surface area contributed by atoms with Crippen molar-refractivity contribution in [3.8, 4) is 17.2 Å². The number of hydrogen-bond acceptors (Lipinski definition) is 6. The number of rotatable bonds is 9. The molecule has 1 heterocycles. The predicted molar refractivity (Wildman–Crippen MR) is 126 cm³/mol. The third kappa shape index (κ3) is 5.00. The molecule has 1 aliphatic rings. The molecule has 0 radical (unpaired) electrons. The summed E-state index contributed by atoms with van der Waals surface area (Å²) in [4.78, 5) is 12.8. The van der Waals surface area contributed by atoms with Crippen molar-refractivity contribution < 1.29 is 27.4 Å². The lowest BCUT2D eigenvalue weighted by Crippen LogP contribution is -2.31. The maximum Gasteiger partial charge on any atom is 0.251 e. The van der Waals surface area contributed by atoms with Crippen LogP contribution < -0.4 is 19.5 Å². The van der Waals surface area contributed by atoms with E-state index >= 15 is 0 Å². The van der Waals surface area contributed by atoms with E-state index in [4.69, 9.17) is 14.2 Å². The molecule has 0 bridgehead atoms. The number of nitrogens with zero attached hydrogens (tertiary/aromatic N) is 1. The summed E-state index contributed by atoms with van der Waals surface area (Å²) in [5.41, 5.74) is 1.92. The average molecular weight is 483 g/mol. The molecule has 9 heteroatoms. The number of fused-ring (bicyclic) bond motifs is 1. The van der Waals surface area contributed by atoms with E-state index < -0.39 is 15.9 Å². The van der Waals surface area contributed by atoms with E-state index in [-0.39, 0.29) is 42.6 Å². The number of carbonyl (C=O) groups excluding carboxylic acids is 1. The van der Waals surface area contributed by atoms with Gasteiger partial charge in [0.25, 0.3) is 5.91 Å². The molecule has 8 nitrogen and oxygen atoms in total. The summed E-state index contributed by atoms with van der Waals surface area (Å²) in [6, 6.07) is 19.2. The Morgan fingerprint density at radius 1 is 1.00 bits per heavy atom. The third-order valence-corrected chi connectivity index (χ3v) is 7.43. The van der Waals surface area contributed by atoms with Crippen molar-refractivity contribution in [3.05, 3.63) is 83.4 Å². The number of hydrogen-bond donors (Lipinski definition) is 1. The largest absolute Gasteiger partial charge is 0.495 e. The lowest BCUT2D eigenvalue weighted by molar-refractivity contribution is 0.0950. The normalized spacial score (nSPS) is 12.6. The first-order chi connectivity index (χ1) is 16.4. The van der Waals surface area contributed by atoms with E-state index in [2.05, 4.69) is 5.32 Å². The Balaban J connectivity index is 1.55. The van der Waals surface area contributed by atoms with Gasteiger partial charge in [0.1, 0.15) is 10.6 Å². The highest BCUT2D eigenvalue weighted by Crippen LogP contribution is 2.32. The molecule has 1 amide bonds. The molecule has 178 valence electrons. The smallest absolute Gasteiger partial charge is 0.251 e. The van der Waals surface area contributed by atoms with Crippen molar-refractivity contribution in [2.45, 2.75) is 24.9 Å².